The lowest BCUT2D eigenvalue weighted by atomic mass is 10.0. The Labute approximate surface area is 175 Å². The van der Waals surface area contributed by atoms with Gasteiger partial charge >= 0.3 is 0 Å². The molecule has 0 saturated heterocycles. The molecule has 1 N–H and O–H groups in total. The number of thiazole rings is 1. The molecule has 2 heterocycles. The SMILES string of the molecule is Cc1nnc(N[C@@H](Cc2ccc([N+](=O)[O-])cc2)c2csc(-c3ccccc3)n2)s1. The maximum absolute atomic E-state index is 10.9. The van der Waals surface area contributed by atoms with Gasteiger partial charge in [0.1, 0.15) is 10.0 Å². The molecule has 1 atom stereocenters. The van der Waals surface area contributed by atoms with Crippen LogP contribution >= 0.6 is 22.7 Å². The van der Waals surface area contributed by atoms with Crippen molar-refractivity contribution in [2.75, 3.05) is 5.32 Å². The Kier molecular flexibility index (Phi) is 5.59. The van der Waals surface area contributed by atoms with Crippen molar-refractivity contribution in [1.29, 1.82) is 0 Å². The second-order valence-electron chi connectivity index (χ2n) is 6.39. The van der Waals surface area contributed by atoms with Gasteiger partial charge in [0.15, 0.2) is 0 Å². The lowest BCUT2D eigenvalue weighted by Crippen LogP contribution is -2.14. The fourth-order valence-electron chi connectivity index (χ4n) is 2.88. The average molecular weight is 424 g/mol. The van der Waals surface area contributed by atoms with Gasteiger partial charge in [0.25, 0.3) is 5.69 Å². The molecular formula is C20H17N5O2S2. The van der Waals surface area contributed by atoms with E-state index >= 15 is 0 Å². The fourth-order valence-corrected chi connectivity index (χ4v) is 4.41. The molecule has 0 amide bonds. The first-order valence-corrected chi connectivity index (χ1v) is 10.6. The molecule has 9 heteroatoms. The number of hydrogen-bond donors (Lipinski definition) is 1. The molecule has 0 aliphatic carbocycles. The molecule has 2 aromatic carbocycles. The number of non-ortho nitro benzene ring substituents is 1. The zero-order chi connectivity index (χ0) is 20.2. The number of nitro benzene ring substituents is 1. The number of aryl methyl sites for hydroxylation is 1. The summed E-state index contributed by atoms with van der Waals surface area (Å²) < 4.78 is 0. The Balaban J connectivity index is 1.61. The minimum absolute atomic E-state index is 0.0815. The van der Waals surface area contributed by atoms with Crippen molar-refractivity contribution in [3.63, 3.8) is 0 Å². The number of rotatable bonds is 7. The Morgan fingerprint density at radius 1 is 1.10 bits per heavy atom. The summed E-state index contributed by atoms with van der Waals surface area (Å²) in [5.74, 6) is 0. The van der Waals surface area contributed by atoms with Gasteiger partial charge < -0.3 is 5.32 Å². The molecule has 0 aliphatic heterocycles. The first-order chi connectivity index (χ1) is 14.1. The lowest BCUT2D eigenvalue weighted by Gasteiger charge is -2.16. The Bertz CT molecular complexity index is 1110. The molecule has 0 saturated carbocycles. The summed E-state index contributed by atoms with van der Waals surface area (Å²) in [4.78, 5) is 15.3. The molecule has 0 fully saturated rings. The van der Waals surface area contributed by atoms with Crippen LogP contribution in [-0.2, 0) is 6.42 Å². The number of anilines is 1. The summed E-state index contributed by atoms with van der Waals surface area (Å²) in [6, 6.07) is 16.5. The molecule has 7 nitrogen and oxygen atoms in total. The maximum atomic E-state index is 10.9. The fraction of sp³-hybridized carbons (Fsp3) is 0.150. The predicted molar refractivity (Wildman–Crippen MR) is 115 cm³/mol. The normalized spacial score (nSPS) is 11.9. The van der Waals surface area contributed by atoms with Crippen LogP contribution in [0.1, 0.15) is 22.3 Å². The molecule has 29 heavy (non-hydrogen) atoms. The van der Waals surface area contributed by atoms with Gasteiger partial charge in [-0.05, 0) is 18.9 Å². The highest BCUT2D eigenvalue weighted by Gasteiger charge is 2.19. The second kappa shape index (κ2) is 8.46. The third kappa shape index (κ3) is 4.64. The van der Waals surface area contributed by atoms with Crippen molar-refractivity contribution in [1.82, 2.24) is 15.2 Å². The van der Waals surface area contributed by atoms with Crippen molar-refractivity contribution in [3.05, 3.63) is 86.4 Å². The van der Waals surface area contributed by atoms with Crippen molar-refractivity contribution >= 4 is 33.5 Å². The third-order valence-electron chi connectivity index (χ3n) is 4.31. The van der Waals surface area contributed by atoms with Gasteiger partial charge in [-0.1, -0.05) is 53.8 Å². The lowest BCUT2D eigenvalue weighted by molar-refractivity contribution is -0.384. The first kappa shape index (κ1) is 19.2. The van der Waals surface area contributed by atoms with Gasteiger partial charge in [-0.25, -0.2) is 4.98 Å². The summed E-state index contributed by atoms with van der Waals surface area (Å²) in [6.45, 7) is 1.91. The van der Waals surface area contributed by atoms with Crippen LogP contribution in [0.5, 0.6) is 0 Å². The summed E-state index contributed by atoms with van der Waals surface area (Å²) in [5.41, 5.74) is 3.03. The van der Waals surface area contributed by atoms with Crippen LogP contribution in [0.25, 0.3) is 10.6 Å². The van der Waals surface area contributed by atoms with E-state index in [-0.39, 0.29) is 11.7 Å². The summed E-state index contributed by atoms with van der Waals surface area (Å²) >= 11 is 3.07. The number of nitrogens with one attached hydrogen (secondary N) is 1. The minimum atomic E-state index is -0.393. The average Bonchev–Trinajstić information content (AvgIpc) is 3.38. The summed E-state index contributed by atoms with van der Waals surface area (Å²) in [5, 5.41) is 27.2. The van der Waals surface area contributed by atoms with Gasteiger partial charge in [0.05, 0.1) is 16.7 Å². The highest BCUT2D eigenvalue weighted by molar-refractivity contribution is 7.15. The smallest absolute Gasteiger partial charge is 0.269 e. The molecule has 0 bridgehead atoms. The van der Waals surface area contributed by atoms with Gasteiger partial charge in [0.2, 0.25) is 5.13 Å². The van der Waals surface area contributed by atoms with E-state index in [0.29, 0.717) is 6.42 Å². The molecular weight excluding hydrogens is 406 g/mol. The Morgan fingerprint density at radius 3 is 2.52 bits per heavy atom. The topological polar surface area (TPSA) is 93.8 Å². The number of benzene rings is 2. The monoisotopic (exact) mass is 423 g/mol. The van der Waals surface area contributed by atoms with Crippen LogP contribution in [0.3, 0.4) is 0 Å². The minimum Gasteiger partial charge on any atom is -0.351 e. The van der Waals surface area contributed by atoms with E-state index in [1.165, 1.54) is 23.5 Å². The Hall–Kier alpha value is -3.17. The third-order valence-corrected chi connectivity index (χ3v) is 5.99. The molecule has 4 rings (SSSR count). The van der Waals surface area contributed by atoms with E-state index in [1.807, 2.05) is 42.6 Å². The van der Waals surface area contributed by atoms with Crippen LogP contribution in [0.2, 0.25) is 0 Å². The van der Waals surface area contributed by atoms with Crippen molar-refractivity contribution < 1.29 is 4.92 Å². The maximum Gasteiger partial charge on any atom is 0.269 e. The Morgan fingerprint density at radius 2 is 1.86 bits per heavy atom. The van der Waals surface area contributed by atoms with Gasteiger partial charge in [-0.3, -0.25) is 10.1 Å². The number of nitro groups is 1. The molecule has 2 aromatic heterocycles. The quantitative estimate of drug-likeness (QED) is 0.321. The van der Waals surface area contributed by atoms with Gasteiger partial charge in [0, 0.05) is 23.1 Å². The van der Waals surface area contributed by atoms with E-state index in [2.05, 4.69) is 15.5 Å². The van der Waals surface area contributed by atoms with Crippen LogP contribution in [0.15, 0.2) is 60.0 Å². The van der Waals surface area contributed by atoms with Gasteiger partial charge in [-0.15, -0.1) is 21.5 Å². The molecule has 0 radical (unpaired) electrons. The van der Waals surface area contributed by atoms with Crippen LogP contribution in [0, 0.1) is 17.0 Å². The van der Waals surface area contributed by atoms with E-state index in [4.69, 9.17) is 4.98 Å². The summed E-state index contributed by atoms with van der Waals surface area (Å²) in [6.07, 6.45) is 0.620. The molecule has 4 aromatic rings. The molecule has 0 unspecified atom stereocenters. The number of nitrogens with zero attached hydrogens (tertiary/aromatic N) is 4. The zero-order valence-corrected chi connectivity index (χ0v) is 17.1. The van der Waals surface area contributed by atoms with Crippen molar-refractivity contribution in [2.24, 2.45) is 0 Å². The molecule has 0 aliphatic rings. The predicted octanol–water partition coefficient (Wildman–Crippen LogP) is 5.27. The van der Waals surface area contributed by atoms with E-state index < -0.39 is 4.92 Å². The standard InChI is InChI=1S/C20H17N5O2S2/c1-13-23-24-20(29-13)22-17(11-14-7-9-16(10-8-14)25(26)27)18-12-28-19(21-18)15-5-3-2-4-6-15/h2-10,12,17H,11H2,1H3,(H,22,24)/t17-/m0/s1. The van der Waals surface area contributed by atoms with Gasteiger partial charge in [-0.2, -0.15) is 0 Å². The second-order valence-corrected chi connectivity index (χ2v) is 8.43. The largest absolute Gasteiger partial charge is 0.351 e. The zero-order valence-electron chi connectivity index (χ0n) is 15.5. The molecule has 146 valence electrons. The molecule has 0 spiro atoms. The van der Waals surface area contributed by atoms with Crippen LogP contribution in [-0.4, -0.2) is 20.1 Å². The van der Waals surface area contributed by atoms with Crippen LogP contribution in [0.4, 0.5) is 10.8 Å². The number of aromatic nitrogens is 3. The highest BCUT2D eigenvalue weighted by Crippen LogP contribution is 2.30. The van der Waals surface area contributed by atoms with E-state index in [1.54, 1.807) is 23.5 Å². The highest BCUT2D eigenvalue weighted by atomic mass is 32.1. The first-order valence-electron chi connectivity index (χ1n) is 8.89. The van der Waals surface area contributed by atoms with E-state index in [0.717, 1.165) is 32.0 Å². The van der Waals surface area contributed by atoms with E-state index in [9.17, 15) is 10.1 Å². The van der Waals surface area contributed by atoms with Crippen LogP contribution < -0.4 is 5.32 Å². The van der Waals surface area contributed by atoms with Crippen molar-refractivity contribution in [2.45, 2.75) is 19.4 Å². The summed E-state index contributed by atoms with van der Waals surface area (Å²) in [7, 11) is 0. The number of hydrogen-bond acceptors (Lipinski definition) is 8. The van der Waals surface area contributed by atoms with Crippen molar-refractivity contribution in [3.8, 4) is 10.6 Å².